The standard InChI is InChI=1S/C23H22N4O4S2/c1-13-18-20(33-19(13)22(30)31-14-7-3-2-4-8-14)24-12-27(21(18)29)11-17(28)26-23-25-15-9-5-6-10-16(15)32-23/h5-6,9-10,12,14H,2-4,7-8,11H2,1H3,(H,25,26,28). The number of nitrogens with zero attached hydrogens (tertiary/aromatic N) is 3. The summed E-state index contributed by atoms with van der Waals surface area (Å²) in [5.74, 6) is -0.774. The molecule has 1 amide bonds. The minimum absolute atomic E-state index is 0.0633. The first-order valence-corrected chi connectivity index (χ1v) is 12.5. The summed E-state index contributed by atoms with van der Waals surface area (Å²) in [7, 11) is 0. The van der Waals surface area contributed by atoms with Crippen molar-refractivity contribution in [2.24, 2.45) is 0 Å². The van der Waals surface area contributed by atoms with Crippen LogP contribution in [0.1, 0.15) is 47.3 Å². The number of ether oxygens (including phenoxy) is 1. The van der Waals surface area contributed by atoms with Crippen LogP contribution in [0.15, 0.2) is 35.4 Å². The van der Waals surface area contributed by atoms with E-state index in [4.69, 9.17) is 4.74 Å². The van der Waals surface area contributed by atoms with Gasteiger partial charge in [0.05, 0.1) is 21.9 Å². The molecule has 0 saturated heterocycles. The first-order valence-electron chi connectivity index (χ1n) is 10.8. The number of thiophene rings is 1. The molecule has 4 aromatic rings. The highest BCUT2D eigenvalue weighted by molar-refractivity contribution is 7.22. The van der Waals surface area contributed by atoms with Crippen molar-refractivity contribution >= 4 is 60.1 Å². The Morgan fingerprint density at radius 3 is 2.76 bits per heavy atom. The Bertz CT molecular complexity index is 1380. The number of carbonyl (C=O) groups excluding carboxylic acids is 2. The summed E-state index contributed by atoms with van der Waals surface area (Å²) in [6.07, 6.45) is 6.34. The van der Waals surface area contributed by atoms with E-state index in [1.165, 1.54) is 28.7 Å². The number of aromatic nitrogens is 3. The van der Waals surface area contributed by atoms with Gasteiger partial charge in [-0.1, -0.05) is 29.9 Å². The van der Waals surface area contributed by atoms with Gasteiger partial charge in [0.15, 0.2) is 5.13 Å². The van der Waals surface area contributed by atoms with Crippen LogP contribution in [-0.2, 0) is 16.1 Å². The van der Waals surface area contributed by atoms with E-state index in [0.29, 0.717) is 25.8 Å². The van der Waals surface area contributed by atoms with Crippen molar-refractivity contribution in [1.29, 1.82) is 0 Å². The third-order valence-corrected chi connectivity index (χ3v) is 7.91. The molecule has 0 atom stereocenters. The first kappa shape index (κ1) is 21.7. The van der Waals surface area contributed by atoms with E-state index in [2.05, 4.69) is 15.3 Å². The molecule has 170 valence electrons. The van der Waals surface area contributed by atoms with E-state index >= 15 is 0 Å². The number of aryl methyl sites for hydroxylation is 1. The highest BCUT2D eigenvalue weighted by Crippen LogP contribution is 2.29. The minimum Gasteiger partial charge on any atom is -0.458 e. The number of amides is 1. The van der Waals surface area contributed by atoms with Crippen molar-refractivity contribution in [3.05, 3.63) is 51.4 Å². The fourth-order valence-corrected chi connectivity index (χ4v) is 6.00. The van der Waals surface area contributed by atoms with E-state index in [0.717, 1.165) is 47.2 Å². The molecule has 0 spiro atoms. The molecule has 0 bridgehead atoms. The summed E-state index contributed by atoms with van der Waals surface area (Å²) in [5.41, 5.74) is 0.999. The first-order chi connectivity index (χ1) is 16.0. The molecule has 0 unspecified atom stereocenters. The maximum Gasteiger partial charge on any atom is 0.348 e. The van der Waals surface area contributed by atoms with E-state index in [1.54, 1.807) is 6.92 Å². The molecule has 10 heteroatoms. The van der Waals surface area contributed by atoms with Crippen LogP contribution in [0.4, 0.5) is 5.13 Å². The average molecular weight is 483 g/mol. The molecular weight excluding hydrogens is 460 g/mol. The molecular formula is C23H22N4O4S2. The van der Waals surface area contributed by atoms with Crippen LogP contribution in [-0.4, -0.2) is 32.5 Å². The predicted octanol–water partition coefficient (Wildman–Crippen LogP) is 4.50. The van der Waals surface area contributed by atoms with Crippen LogP contribution >= 0.6 is 22.7 Å². The van der Waals surface area contributed by atoms with Crippen LogP contribution in [0.5, 0.6) is 0 Å². The quantitative estimate of drug-likeness (QED) is 0.420. The maximum absolute atomic E-state index is 13.1. The number of nitrogens with one attached hydrogen (secondary N) is 1. The second-order valence-corrected chi connectivity index (χ2v) is 10.1. The number of thiazole rings is 1. The molecule has 3 aromatic heterocycles. The van der Waals surface area contributed by atoms with E-state index in [-0.39, 0.29) is 24.1 Å². The monoisotopic (exact) mass is 482 g/mol. The second kappa shape index (κ2) is 9.03. The Kier molecular flexibility index (Phi) is 5.94. The lowest BCUT2D eigenvalue weighted by Crippen LogP contribution is -2.27. The number of hydrogen-bond acceptors (Lipinski definition) is 8. The van der Waals surface area contributed by atoms with Gasteiger partial charge in [-0.25, -0.2) is 14.8 Å². The fraction of sp³-hybridized carbons (Fsp3) is 0.348. The molecule has 8 nitrogen and oxygen atoms in total. The summed E-state index contributed by atoms with van der Waals surface area (Å²) in [4.78, 5) is 48.0. The van der Waals surface area contributed by atoms with Gasteiger partial charge in [0, 0.05) is 0 Å². The Labute approximate surface area is 197 Å². The van der Waals surface area contributed by atoms with Crippen molar-refractivity contribution in [2.45, 2.75) is 51.7 Å². The third kappa shape index (κ3) is 4.40. The number of rotatable bonds is 5. The zero-order valence-electron chi connectivity index (χ0n) is 18.0. The van der Waals surface area contributed by atoms with E-state index in [9.17, 15) is 14.4 Å². The molecule has 0 radical (unpaired) electrons. The van der Waals surface area contributed by atoms with Gasteiger partial charge >= 0.3 is 5.97 Å². The normalized spacial score (nSPS) is 14.6. The van der Waals surface area contributed by atoms with Gasteiger partial charge in [-0.2, -0.15) is 0 Å². The highest BCUT2D eigenvalue weighted by Gasteiger charge is 2.24. The number of esters is 1. The van der Waals surface area contributed by atoms with Gasteiger partial charge in [0.2, 0.25) is 5.91 Å². The van der Waals surface area contributed by atoms with Crippen LogP contribution in [0.25, 0.3) is 20.4 Å². The van der Waals surface area contributed by atoms with Crippen molar-refractivity contribution < 1.29 is 14.3 Å². The number of anilines is 1. The Balaban J connectivity index is 1.35. The molecule has 33 heavy (non-hydrogen) atoms. The molecule has 1 N–H and O–H groups in total. The van der Waals surface area contributed by atoms with E-state index < -0.39 is 5.97 Å². The summed E-state index contributed by atoms with van der Waals surface area (Å²) >= 11 is 2.53. The lowest BCUT2D eigenvalue weighted by Gasteiger charge is -2.21. The number of para-hydroxylation sites is 1. The van der Waals surface area contributed by atoms with E-state index in [1.807, 2.05) is 24.3 Å². The lowest BCUT2D eigenvalue weighted by molar-refractivity contribution is -0.116. The Morgan fingerprint density at radius 2 is 1.97 bits per heavy atom. The van der Waals surface area contributed by atoms with Crippen LogP contribution in [0, 0.1) is 6.92 Å². The summed E-state index contributed by atoms with van der Waals surface area (Å²) in [5, 5.41) is 3.58. The largest absolute Gasteiger partial charge is 0.458 e. The Morgan fingerprint density at radius 1 is 1.18 bits per heavy atom. The minimum atomic E-state index is -0.401. The molecule has 1 aliphatic rings. The zero-order chi connectivity index (χ0) is 22.9. The third-order valence-electron chi connectivity index (χ3n) is 5.78. The summed E-state index contributed by atoms with van der Waals surface area (Å²) in [6.45, 7) is 1.53. The van der Waals surface area contributed by atoms with Crippen molar-refractivity contribution in [2.75, 3.05) is 5.32 Å². The molecule has 1 aliphatic carbocycles. The second-order valence-electron chi connectivity index (χ2n) is 8.11. The molecule has 1 fully saturated rings. The zero-order valence-corrected chi connectivity index (χ0v) is 19.6. The number of hydrogen-bond donors (Lipinski definition) is 1. The molecule has 1 saturated carbocycles. The summed E-state index contributed by atoms with van der Waals surface area (Å²) in [6, 6.07) is 7.60. The Hall–Kier alpha value is -3.11. The number of benzene rings is 1. The average Bonchev–Trinajstić information content (AvgIpc) is 3.37. The molecule has 1 aromatic carbocycles. The highest BCUT2D eigenvalue weighted by atomic mass is 32.1. The smallest absolute Gasteiger partial charge is 0.348 e. The SMILES string of the molecule is Cc1c(C(=O)OC2CCCCC2)sc2ncn(CC(=O)Nc3nc4ccccc4s3)c(=O)c12. The van der Waals surface area contributed by atoms with Crippen molar-refractivity contribution in [1.82, 2.24) is 14.5 Å². The van der Waals surface area contributed by atoms with Crippen LogP contribution in [0.3, 0.4) is 0 Å². The van der Waals surface area contributed by atoms with Crippen LogP contribution in [0.2, 0.25) is 0 Å². The number of fused-ring (bicyclic) bond motifs is 2. The maximum atomic E-state index is 13.1. The van der Waals surface area contributed by atoms with Crippen LogP contribution < -0.4 is 10.9 Å². The molecule has 5 rings (SSSR count). The van der Waals surface area contributed by atoms with Gasteiger partial charge < -0.3 is 10.1 Å². The molecule has 3 heterocycles. The van der Waals surface area contributed by atoms with Gasteiger partial charge in [-0.15, -0.1) is 11.3 Å². The van der Waals surface area contributed by atoms with Crippen molar-refractivity contribution in [3.63, 3.8) is 0 Å². The van der Waals surface area contributed by atoms with Crippen molar-refractivity contribution in [3.8, 4) is 0 Å². The predicted molar refractivity (Wildman–Crippen MR) is 129 cm³/mol. The van der Waals surface area contributed by atoms with Gasteiger partial charge in [0.1, 0.15) is 22.4 Å². The fourth-order valence-electron chi connectivity index (χ4n) is 4.09. The molecule has 0 aliphatic heterocycles. The van der Waals surface area contributed by atoms with Gasteiger partial charge in [0.25, 0.3) is 5.56 Å². The lowest BCUT2D eigenvalue weighted by atomic mass is 9.98. The van der Waals surface area contributed by atoms with Gasteiger partial charge in [-0.05, 0) is 50.3 Å². The number of carbonyl (C=O) groups is 2. The summed E-state index contributed by atoms with van der Waals surface area (Å²) < 4.78 is 7.90. The topological polar surface area (TPSA) is 103 Å². The van der Waals surface area contributed by atoms with Gasteiger partial charge in [-0.3, -0.25) is 14.2 Å².